The largest absolute Gasteiger partial charge is 0.325 e. The summed E-state index contributed by atoms with van der Waals surface area (Å²) in [5, 5.41) is 4.68. The summed E-state index contributed by atoms with van der Waals surface area (Å²) in [5.41, 5.74) is 0.586. The first-order valence-electron chi connectivity index (χ1n) is 7.32. The molecule has 1 aliphatic rings. The van der Waals surface area contributed by atoms with Crippen molar-refractivity contribution in [2.24, 2.45) is 0 Å². The molecule has 1 aliphatic heterocycles. The van der Waals surface area contributed by atoms with Crippen molar-refractivity contribution in [3.63, 3.8) is 0 Å². The number of likely N-dealkylation sites (N-methyl/N-ethyl adjacent to an activating group) is 1. The van der Waals surface area contributed by atoms with E-state index in [2.05, 4.69) is 41.9 Å². The first-order valence-corrected chi connectivity index (χ1v) is 11.2. The molecule has 1 fully saturated rings. The van der Waals surface area contributed by atoms with Gasteiger partial charge in [0.1, 0.15) is 6.04 Å². The first kappa shape index (κ1) is 19.0. The van der Waals surface area contributed by atoms with Crippen LogP contribution in [0, 0.1) is 0 Å². The SMILES string of the molecule is CN1C(C(=O)Nc2cc(Br)cc(Br)c2)CC(c2cccs2)NS1(=O)=O. The maximum atomic E-state index is 12.7. The van der Waals surface area contributed by atoms with Gasteiger partial charge in [0.05, 0.1) is 6.04 Å². The van der Waals surface area contributed by atoms with Crippen molar-refractivity contribution in [2.75, 3.05) is 12.4 Å². The maximum Gasteiger partial charge on any atom is 0.280 e. The summed E-state index contributed by atoms with van der Waals surface area (Å²) in [4.78, 5) is 13.6. The molecule has 0 aliphatic carbocycles. The number of hydrogen-bond donors (Lipinski definition) is 2. The van der Waals surface area contributed by atoms with Gasteiger partial charge >= 0.3 is 0 Å². The Morgan fingerprint density at radius 1 is 1.32 bits per heavy atom. The van der Waals surface area contributed by atoms with Crippen LogP contribution in [-0.4, -0.2) is 31.7 Å². The van der Waals surface area contributed by atoms with E-state index >= 15 is 0 Å². The zero-order chi connectivity index (χ0) is 18.2. The van der Waals surface area contributed by atoms with Crippen LogP contribution in [0.25, 0.3) is 0 Å². The quantitative estimate of drug-likeness (QED) is 0.666. The van der Waals surface area contributed by atoms with Gasteiger partial charge in [-0.15, -0.1) is 11.3 Å². The minimum atomic E-state index is -3.73. The Morgan fingerprint density at radius 3 is 2.60 bits per heavy atom. The molecule has 2 unspecified atom stereocenters. The summed E-state index contributed by atoms with van der Waals surface area (Å²) in [5.74, 6) is -0.362. The Hall–Kier alpha value is -0.780. The maximum absolute atomic E-state index is 12.7. The van der Waals surface area contributed by atoms with E-state index in [1.807, 2.05) is 23.6 Å². The van der Waals surface area contributed by atoms with Gasteiger partial charge < -0.3 is 5.32 Å². The molecule has 2 N–H and O–H groups in total. The highest BCUT2D eigenvalue weighted by atomic mass is 79.9. The highest BCUT2D eigenvalue weighted by Gasteiger charge is 2.40. The molecular formula is C15H15Br2N3O3S2. The molecule has 0 radical (unpaired) electrons. The highest BCUT2D eigenvalue weighted by molar-refractivity contribution is 9.11. The Balaban J connectivity index is 1.84. The lowest BCUT2D eigenvalue weighted by molar-refractivity contribution is -0.120. The fraction of sp³-hybridized carbons (Fsp3) is 0.267. The van der Waals surface area contributed by atoms with E-state index in [9.17, 15) is 13.2 Å². The summed E-state index contributed by atoms with van der Waals surface area (Å²) in [6.45, 7) is 0. The third-order valence-electron chi connectivity index (χ3n) is 3.89. The third-order valence-corrected chi connectivity index (χ3v) is 7.38. The molecule has 134 valence electrons. The van der Waals surface area contributed by atoms with Gasteiger partial charge in [0.2, 0.25) is 5.91 Å². The molecule has 1 aromatic heterocycles. The number of amides is 1. The van der Waals surface area contributed by atoms with E-state index in [1.54, 1.807) is 12.1 Å². The summed E-state index contributed by atoms with van der Waals surface area (Å²) < 4.78 is 30.1. The molecule has 1 saturated heterocycles. The Bertz CT molecular complexity index is 867. The van der Waals surface area contributed by atoms with Crippen LogP contribution in [0.5, 0.6) is 0 Å². The number of halogens is 2. The normalized spacial score (nSPS) is 23.3. The van der Waals surface area contributed by atoms with Crippen LogP contribution < -0.4 is 10.0 Å². The highest BCUT2D eigenvalue weighted by Crippen LogP contribution is 2.31. The van der Waals surface area contributed by atoms with Gasteiger partial charge in [0, 0.05) is 26.6 Å². The third kappa shape index (κ3) is 4.32. The fourth-order valence-electron chi connectivity index (χ4n) is 2.64. The number of rotatable bonds is 3. The van der Waals surface area contributed by atoms with Crippen LogP contribution in [0.3, 0.4) is 0 Å². The standard InChI is InChI=1S/C15H15Br2N3O3S2/c1-20-13(15(21)18-11-6-9(16)5-10(17)7-11)8-12(19-25(20,22)23)14-3-2-4-24-14/h2-7,12-13,19H,8H2,1H3,(H,18,21). The zero-order valence-electron chi connectivity index (χ0n) is 13.1. The molecule has 6 nitrogen and oxygen atoms in total. The summed E-state index contributed by atoms with van der Waals surface area (Å²) in [7, 11) is -2.32. The summed E-state index contributed by atoms with van der Waals surface area (Å²) in [6.07, 6.45) is 0.358. The van der Waals surface area contributed by atoms with Crippen LogP contribution in [0.4, 0.5) is 5.69 Å². The lowest BCUT2D eigenvalue weighted by Crippen LogP contribution is -2.55. The minimum Gasteiger partial charge on any atom is -0.325 e. The molecule has 2 atom stereocenters. The van der Waals surface area contributed by atoms with Crippen molar-refractivity contribution < 1.29 is 13.2 Å². The van der Waals surface area contributed by atoms with E-state index < -0.39 is 22.3 Å². The molecule has 1 amide bonds. The first-order chi connectivity index (χ1) is 11.8. The van der Waals surface area contributed by atoms with Crippen molar-refractivity contribution in [3.8, 4) is 0 Å². The van der Waals surface area contributed by atoms with Crippen molar-refractivity contribution in [1.29, 1.82) is 0 Å². The van der Waals surface area contributed by atoms with Crippen LogP contribution in [0.1, 0.15) is 17.3 Å². The minimum absolute atomic E-state index is 0.358. The van der Waals surface area contributed by atoms with Gasteiger partial charge in [-0.05, 0) is 36.1 Å². The Morgan fingerprint density at radius 2 is 2.00 bits per heavy atom. The van der Waals surface area contributed by atoms with E-state index in [4.69, 9.17) is 0 Å². The van der Waals surface area contributed by atoms with Crippen molar-refractivity contribution in [2.45, 2.75) is 18.5 Å². The number of hydrogen-bond acceptors (Lipinski definition) is 4. The molecule has 0 saturated carbocycles. The van der Waals surface area contributed by atoms with Crippen LogP contribution in [-0.2, 0) is 15.0 Å². The molecule has 0 spiro atoms. The van der Waals surface area contributed by atoms with Crippen molar-refractivity contribution >= 4 is 65.0 Å². The molecule has 2 aromatic rings. The van der Waals surface area contributed by atoms with Gasteiger partial charge in [0.15, 0.2) is 0 Å². The second kappa shape index (κ2) is 7.45. The number of nitrogens with zero attached hydrogens (tertiary/aromatic N) is 1. The van der Waals surface area contributed by atoms with Crippen LogP contribution >= 0.6 is 43.2 Å². The zero-order valence-corrected chi connectivity index (χ0v) is 17.9. The van der Waals surface area contributed by atoms with E-state index in [1.165, 1.54) is 18.4 Å². The second-order valence-corrected chi connectivity index (χ2v) is 10.2. The van der Waals surface area contributed by atoms with Gasteiger partial charge in [-0.25, -0.2) is 0 Å². The smallest absolute Gasteiger partial charge is 0.280 e. The molecule has 3 rings (SSSR count). The van der Waals surface area contributed by atoms with Crippen LogP contribution in [0.2, 0.25) is 0 Å². The predicted octanol–water partition coefficient (Wildman–Crippen LogP) is 3.49. The lowest BCUT2D eigenvalue weighted by Gasteiger charge is -2.35. The van der Waals surface area contributed by atoms with Crippen molar-refractivity contribution in [1.82, 2.24) is 9.03 Å². The van der Waals surface area contributed by atoms with E-state index in [-0.39, 0.29) is 5.91 Å². The molecule has 25 heavy (non-hydrogen) atoms. The van der Waals surface area contributed by atoms with E-state index in [0.717, 1.165) is 18.1 Å². The van der Waals surface area contributed by atoms with Gasteiger partial charge in [-0.1, -0.05) is 37.9 Å². The Kier molecular flexibility index (Phi) is 5.66. The average Bonchev–Trinajstić information content (AvgIpc) is 3.02. The molecule has 0 bridgehead atoms. The molecular weight excluding hydrogens is 494 g/mol. The van der Waals surface area contributed by atoms with Gasteiger partial charge in [0.25, 0.3) is 10.2 Å². The number of anilines is 1. The Labute approximate surface area is 167 Å². The number of benzene rings is 1. The topological polar surface area (TPSA) is 78.5 Å². The summed E-state index contributed by atoms with van der Waals surface area (Å²) >= 11 is 8.20. The number of thiophene rings is 1. The van der Waals surface area contributed by atoms with Crippen LogP contribution in [0.15, 0.2) is 44.7 Å². The predicted molar refractivity (Wildman–Crippen MR) is 106 cm³/mol. The number of nitrogens with one attached hydrogen (secondary N) is 2. The number of carbonyl (C=O) groups is 1. The molecule has 1 aromatic carbocycles. The summed E-state index contributed by atoms with van der Waals surface area (Å²) in [6, 6.07) is 7.89. The van der Waals surface area contributed by atoms with Gasteiger partial charge in [-0.2, -0.15) is 17.4 Å². The lowest BCUT2D eigenvalue weighted by atomic mass is 10.1. The van der Waals surface area contributed by atoms with Crippen molar-refractivity contribution in [3.05, 3.63) is 49.5 Å². The monoisotopic (exact) mass is 507 g/mol. The molecule has 10 heteroatoms. The fourth-order valence-corrected chi connectivity index (χ4v) is 6.06. The number of carbonyl (C=O) groups excluding carboxylic acids is 1. The second-order valence-electron chi connectivity index (χ2n) is 5.61. The van der Waals surface area contributed by atoms with E-state index in [0.29, 0.717) is 12.1 Å². The van der Waals surface area contributed by atoms with Gasteiger partial charge in [-0.3, -0.25) is 4.79 Å². The molecule has 2 heterocycles. The average molecular weight is 509 g/mol.